The van der Waals surface area contributed by atoms with Gasteiger partial charge in [-0.2, -0.15) is 0 Å². The summed E-state index contributed by atoms with van der Waals surface area (Å²) in [6.45, 7) is 2.83. The second-order valence-electron chi connectivity index (χ2n) is 4.56. The van der Waals surface area contributed by atoms with Crippen molar-refractivity contribution in [2.24, 2.45) is 0 Å². The Bertz CT molecular complexity index is 472. The minimum Gasteiger partial charge on any atom is -0.384 e. The summed E-state index contributed by atoms with van der Waals surface area (Å²) in [4.78, 5) is 0. The monoisotopic (exact) mass is 269 g/mol. The molecule has 0 amide bonds. The van der Waals surface area contributed by atoms with Crippen molar-refractivity contribution in [2.75, 3.05) is 24.2 Å². The lowest BCUT2D eigenvalue weighted by atomic mass is 10.3. The number of sulfone groups is 1. The van der Waals surface area contributed by atoms with Crippen LogP contribution in [0.3, 0.4) is 0 Å². The number of ether oxygens (including phenoxy) is 1. The molecule has 1 saturated heterocycles. The molecule has 1 aliphatic heterocycles. The van der Waals surface area contributed by atoms with Gasteiger partial charge in [0.1, 0.15) is 0 Å². The molecule has 1 heterocycles. The fourth-order valence-electron chi connectivity index (χ4n) is 2.23. The SMILES string of the molecule is CC1OCCC1S(=O)(=O)CCNc1ccccc1. The summed E-state index contributed by atoms with van der Waals surface area (Å²) < 4.78 is 29.5. The van der Waals surface area contributed by atoms with Crippen LogP contribution in [0.2, 0.25) is 0 Å². The van der Waals surface area contributed by atoms with Gasteiger partial charge in [-0.25, -0.2) is 8.42 Å². The van der Waals surface area contributed by atoms with E-state index < -0.39 is 9.84 Å². The second kappa shape index (κ2) is 5.71. The average molecular weight is 269 g/mol. The predicted molar refractivity (Wildman–Crippen MR) is 72.5 cm³/mol. The van der Waals surface area contributed by atoms with E-state index >= 15 is 0 Å². The van der Waals surface area contributed by atoms with Crippen molar-refractivity contribution in [3.05, 3.63) is 30.3 Å². The lowest BCUT2D eigenvalue weighted by Crippen LogP contribution is -2.32. The zero-order valence-corrected chi connectivity index (χ0v) is 11.3. The van der Waals surface area contributed by atoms with E-state index in [2.05, 4.69) is 5.32 Å². The summed E-state index contributed by atoms with van der Waals surface area (Å²) in [7, 11) is -3.07. The van der Waals surface area contributed by atoms with Gasteiger partial charge in [0.25, 0.3) is 0 Å². The Morgan fingerprint density at radius 3 is 2.67 bits per heavy atom. The molecular formula is C13H19NO3S. The van der Waals surface area contributed by atoms with Crippen molar-refractivity contribution in [1.82, 2.24) is 0 Å². The third-order valence-electron chi connectivity index (χ3n) is 3.26. The maximum Gasteiger partial charge on any atom is 0.157 e. The third-order valence-corrected chi connectivity index (χ3v) is 5.57. The van der Waals surface area contributed by atoms with E-state index in [4.69, 9.17) is 4.74 Å². The Morgan fingerprint density at radius 1 is 1.33 bits per heavy atom. The van der Waals surface area contributed by atoms with E-state index in [9.17, 15) is 8.42 Å². The maximum absolute atomic E-state index is 12.1. The zero-order valence-electron chi connectivity index (χ0n) is 10.5. The van der Waals surface area contributed by atoms with Crippen LogP contribution in [0.25, 0.3) is 0 Å². The largest absolute Gasteiger partial charge is 0.384 e. The Balaban J connectivity index is 1.86. The Hall–Kier alpha value is -1.07. The van der Waals surface area contributed by atoms with Crippen molar-refractivity contribution in [1.29, 1.82) is 0 Å². The van der Waals surface area contributed by atoms with Gasteiger partial charge in [-0.1, -0.05) is 18.2 Å². The molecule has 1 N–H and O–H groups in total. The van der Waals surface area contributed by atoms with E-state index in [1.165, 1.54) is 0 Å². The average Bonchev–Trinajstić information content (AvgIpc) is 2.77. The second-order valence-corrected chi connectivity index (χ2v) is 6.90. The highest BCUT2D eigenvalue weighted by Crippen LogP contribution is 2.21. The van der Waals surface area contributed by atoms with Crippen molar-refractivity contribution >= 4 is 15.5 Å². The molecule has 5 heteroatoms. The van der Waals surface area contributed by atoms with Crippen LogP contribution in [0.5, 0.6) is 0 Å². The van der Waals surface area contributed by atoms with Crippen LogP contribution < -0.4 is 5.32 Å². The third kappa shape index (κ3) is 3.23. The standard InChI is InChI=1S/C13H19NO3S/c1-11-13(7-9-17-11)18(15,16)10-8-14-12-5-3-2-4-6-12/h2-6,11,13-14H,7-10H2,1H3. The molecular weight excluding hydrogens is 250 g/mol. The summed E-state index contributed by atoms with van der Waals surface area (Å²) in [5.41, 5.74) is 0.948. The molecule has 100 valence electrons. The molecule has 0 aliphatic carbocycles. The van der Waals surface area contributed by atoms with Crippen molar-refractivity contribution < 1.29 is 13.2 Å². The Kier molecular flexibility index (Phi) is 4.24. The number of rotatable bonds is 5. The summed E-state index contributed by atoms with van der Waals surface area (Å²) in [5, 5.41) is 2.78. The molecule has 0 saturated carbocycles. The van der Waals surface area contributed by atoms with Gasteiger partial charge in [-0.05, 0) is 25.5 Å². The number of anilines is 1. The van der Waals surface area contributed by atoms with Crippen LogP contribution in [0.15, 0.2) is 30.3 Å². The van der Waals surface area contributed by atoms with Gasteiger partial charge < -0.3 is 10.1 Å². The van der Waals surface area contributed by atoms with E-state index in [1.54, 1.807) is 0 Å². The number of hydrogen-bond donors (Lipinski definition) is 1. The van der Waals surface area contributed by atoms with Crippen molar-refractivity contribution in [2.45, 2.75) is 24.7 Å². The molecule has 2 rings (SSSR count). The van der Waals surface area contributed by atoms with Crippen LogP contribution in [0.4, 0.5) is 5.69 Å². The molecule has 0 aromatic heterocycles. The molecule has 2 atom stereocenters. The lowest BCUT2D eigenvalue weighted by Gasteiger charge is -2.15. The number of hydrogen-bond acceptors (Lipinski definition) is 4. The molecule has 2 unspecified atom stereocenters. The van der Waals surface area contributed by atoms with Crippen LogP contribution >= 0.6 is 0 Å². The summed E-state index contributed by atoms with van der Waals surface area (Å²) in [6, 6.07) is 9.62. The van der Waals surface area contributed by atoms with E-state index in [1.807, 2.05) is 37.3 Å². The summed E-state index contributed by atoms with van der Waals surface area (Å²) in [5.74, 6) is 0.153. The van der Waals surface area contributed by atoms with Gasteiger partial charge in [0.05, 0.1) is 17.1 Å². The van der Waals surface area contributed by atoms with Crippen LogP contribution in [0.1, 0.15) is 13.3 Å². The van der Waals surface area contributed by atoms with E-state index in [0.29, 0.717) is 19.6 Å². The molecule has 0 spiro atoms. The Labute approximate surface area is 108 Å². The molecule has 4 nitrogen and oxygen atoms in total. The van der Waals surface area contributed by atoms with Gasteiger partial charge in [0.2, 0.25) is 0 Å². The molecule has 0 bridgehead atoms. The zero-order chi connectivity index (χ0) is 13.0. The summed E-state index contributed by atoms with van der Waals surface area (Å²) in [6.07, 6.45) is 0.446. The Morgan fingerprint density at radius 2 is 2.06 bits per heavy atom. The van der Waals surface area contributed by atoms with E-state index in [0.717, 1.165) is 5.69 Å². The van der Waals surface area contributed by atoms with Gasteiger partial charge in [-0.15, -0.1) is 0 Å². The maximum atomic E-state index is 12.1. The molecule has 1 fully saturated rings. The first-order valence-electron chi connectivity index (χ1n) is 6.22. The van der Waals surface area contributed by atoms with E-state index in [-0.39, 0.29) is 17.1 Å². The molecule has 1 aromatic rings. The van der Waals surface area contributed by atoms with Crippen LogP contribution in [-0.2, 0) is 14.6 Å². The normalized spacial score (nSPS) is 24.1. The first kappa shape index (κ1) is 13.4. The van der Waals surface area contributed by atoms with Gasteiger partial charge >= 0.3 is 0 Å². The minimum absolute atomic E-state index is 0.153. The van der Waals surface area contributed by atoms with Gasteiger partial charge in [0, 0.05) is 18.8 Å². The fraction of sp³-hybridized carbons (Fsp3) is 0.538. The molecule has 1 aromatic carbocycles. The van der Waals surface area contributed by atoms with Crippen molar-refractivity contribution in [3.63, 3.8) is 0 Å². The molecule has 0 radical (unpaired) electrons. The van der Waals surface area contributed by atoms with Gasteiger partial charge in [0.15, 0.2) is 9.84 Å². The predicted octanol–water partition coefficient (Wildman–Crippen LogP) is 1.69. The quantitative estimate of drug-likeness (QED) is 0.884. The smallest absolute Gasteiger partial charge is 0.157 e. The number of para-hydroxylation sites is 1. The highest BCUT2D eigenvalue weighted by atomic mass is 32.2. The first-order chi connectivity index (χ1) is 8.59. The number of nitrogens with one attached hydrogen (secondary N) is 1. The summed E-state index contributed by atoms with van der Waals surface area (Å²) >= 11 is 0. The van der Waals surface area contributed by atoms with Crippen molar-refractivity contribution in [3.8, 4) is 0 Å². The lowest BCUT2D eigenvalue weighted by molar-refractivity contribution is 0.126. The fourth-order valence-corrected chi connectivity index (χ4v) is 4.04. The van der Waals surface area contributed by atoms with Gasteiger partial charge in [-0.3, -0.25) is 0 Å². The van der Waals surface area contributed by atoms with Crippen LogP contribution in [0, 0.1) is 0 Å². The van der Waals surface area contributed by atoms with Crippen LogP contribution in [-0.4, -0.2) is 38.7 Å². The minimum atomic E-state index is -3.07. The molecule has 18 heavy (non-hydrogen) atoms. The highest BCUT2D eigenvalue weighted by Gasteiger charge is 2.35. The topological polar surface area (TPSA) is 55.4 Å². The first-order valence-corrected chi connectivity index (χ1v) is 7.93. The molecule has 1 aliphatic rings. The number of benzene rings is 1. The highest BCUT2D eigenvalue weighted by molar-refractivity contribution is 7.92.